The maximum atomic E-state index is 13.1. The van der Waals surface area contributed by atoms with Gasteiger partial charge in [0.2, 0.25) is 5.91 Å². The smallest absolute Gasteiger partial charge is 0.249 e. The van der Waals surface area contributed by atoms with Crippen LogP contribution in [0.25, 0.3) is 0 Å². The monoisotopic (exact) mass is 397 g/mol. The Morgan fingerprint density at radius 2 is 2.00 bits per heavy atom. The van der Waals surface area contributed by atoms with E-state index >= 15 is 0 Å². The second-order valence-corrected chi connectivity index (χ2v) is 6.66. The van der Waals surface area contributed by atoms with E-state index < -0.39 is 0 Å². The van der Waals surface area contributed by atoms with Crippen LogP contribution in [-0.2, 0) is 18.3 Å². The Labute approximate surface area is 166 Å². The summed E-state index contributed by atoms with van der Waals surface area (Å²) in [5.41, 5.74) is 10.2. The minimum absolute atomic E-state index is 0. The first-order valence-corrected chi connectivity index (χ1v) is 8.59. The van der Waals surface area contributed by atoms with E-state index in [0.717, 1.165) is 55.8 Å². The third-order valence-electron chi connectivity index (χ3n) is 5.11. The molecule has 26 heavy (non-hydrogen) atoms. The van der Waals surface area contributed by atoms with Crippen molar-refractivity contribution in [3.8, 4) is 0 Å². The summed E-state index contributed by atoms with van der Waals surface area (Å²) >= 11 is 0. The predicted molar refractivity (Wildman–Crippen MR) is 110 cm³/mol. The van der Waals surface area contributed by atoms with Gasteiger partial charge in [-0.3, -0.25) is 9.48 Å². The summed E-state index contributed by atoms with van der Waals surface area (Å²) in [6.07, 6.45) is 7.59. The molecule has 1 aromatic heterocycles. The van der Waals surface area contributed by atoms with Gasteiger partial charge in [0.05, 0.1) is 11.9 Å². The Hall–Kier alpha value is -1.92. The number of amides is 1. The van der Waals surface area contributed by atoms with E-state index in [9.17, 15) is 4.79 Å². The number of hydrogen-bond acceptors (Lipinski definition) is 4. The van der Waals surface area contributed by atoms with E-state index in [-0.39, 0.29) is 36.8 Å². The van der Waals surface area contributed by atoms with Crippen LogP contribution in [-0.4, -0.2) is 34.8 Å². The summed E-state index contributed by atoms with van der Waals surface area (Å²) in [4.78, 5) is 17.3. The molecular weight excluding hydrogens is 373 g/mol. The highest BCUT2D eigenvalue weighted by Crippen LogP contribution is 2.35. The molecule has 8 heteroatoms. The van der Waals surface area contributed by atoms with Gasteiger partial charge in [-0.05, 0) is 43.4 Å². The topological polar surface area (TPSA) is 67.4 Å². The van der Waals surface area contributed by atoms with Crippen molar-refractivity contribution >= 4 is 47.8 Å². The molecule has 0 radical (unpaired) electrons. The molecule has 0 spiro atoms. The zero-order chi connectivity index (χ0) is 16.7. The van der Waals surface area contributed by atoms with Crippen LogP contribution in [0.4, 0.5) is 17.1 Å². The van der Waals surface area contributed by atoms with E-state index in [4.69, 9.17) is 5.73 Å². The number of nitrogens with two attached hydrogens (primary N) is 1. The standard InChI is InChI=1S/C18H23N5O.2ClH/c1-21-12-13(11-20-21)22-9-4-8-17(18(22)24)23-10-3-5-14-15(19)6-2-7-16(14)23;;/h2,6-7,11-12,17H,3-5,8-10,19H2,1H3;2*1H. The highest BCUT2D eigenvalue weighted by atomic mass is 35.5. The van der Waals surface area contributed by atoms with Gasteiger partial charge in [0.1, 0.15) is 6.04 Å². The second kappa shape index (κ2) is 8.18. The molecule has 6 nitrogen and oxygen atoms in total. The van der Waals surface area contributed by atoms with Crippen LogP contribution >= 0.6 is 24.8 Å². The molecule has 2 aromatic rings. The van der Waals surface area contributed by atoms with Crippen LogP contribution in [0.5, 0.6) is 0 Å². The van der Waals surface area contributed by atoms with Gasteiger partial charge in [0, 0.05) is 37.7 Å². The largest absolute Gasteiger partial charge is 0.398 e. The van der Waals surface area contributed by atoms with Gasteiger partial charge in [0.25, 0.3) is 0 Å². The van der Waals surface area contributed by atoms with Crippen LogP contribution in [0.3, 0.4) is 0 Å². The third-order valence-corrected chi connectivity index (χ3v) is 5.11. The fraction of sp³-hybridized carbons (Fsp3) is 0.444. The lowest BCUT2D eigenvalue weighted by Gasteiger charge is -2.42. The lowest BCUT2D eigenvalue weighted by molar-refractivity contribution is -0.121. The molecule has 2 N–H and O–H groups in total. The summed E-state index contributed by atoms with van der Waals surface area (Å²) in [7, 11) is 1.87. The number of benzene rings is 1. The molecule has 2 aliphatic rings. The molecule has 1 fully saturated rings. The van der Waals surface area contributed by atoms with Crippen molar-refractivity contribution < 1.29 is 4.79 Å². The fourth-order valence-electron chi connectivity index (χ4n) is 3.95. The highest BCUT2D eigenvalue weighted by Gasteiger charge is 2.36. The van der Waals surface area contributed by atoms with E-state index in [2.05, 4.69) is 16.1 Å². The molecule has 1 aromatic carbocycles. The Kier molecular flexibility index (Phi) is 6.42. The Balaban J connectivity index is 0.00000121. The van der Waals surface area contributed by atoms with Gasteiger partial charge in [-0.15, -0.1) is 24.8 Å². The second-order valence-electron chi connectivity index (χ2n) is 6.66. The zero-order valence-electron chi connectivity index (χ0n) is 14.8. The zero-order valence-corrected chi connectivity index (χ0v) is 16.4. The van der Waals surface area contributed by atoms with Gasteiger partial charge >= 0.3 is 0 Å². The van der Waals surface area contributed by atoms with Crippen molar-refractivity contribution in [3.63, 3.8) is 0 Å². The number of aromatic nitrogens is 2. The summed E-state index contributed by atoms with van der Waals surface area (Å²) in [5.74, 6) is 0.171. The van der Waals surface area contributed by atoms with Gasteiger partial charge in [-0.1, -0.05) is 6.07 Å². The normalized spacial score (nSPS) is 19.4. The quantitative estimate of drug-likeness (QED) is 0.790. The van der Waals surface area contributed by atoms with Crippen LogP contribution < -0.4 is 15.5 Å². The van der Waals surface area contributed by atoms with Crippen LogP contribution in [0, 0.1) is 0 Å². The summed E-state index contributed by atoms with van der Waals surface area (Å²) in [6.45, 7) is 1.67. The number of halogens is 2. The van der Waals surface area contributed by atoms with Crippen molar-refractivity contribution in [3.05, 3.63) is 36.2 Å². The molecule has 1 unspecified atom stereocenters. The highest BCUT2D eigenvalue weighted by molar-refractivity contribution is 6.00. The minimum atomic E-state index is -0.111. The SMILES string of the molecule is Cl.Cl.Cn1cc(N2CCCC(N3CCCc4c(N)cccc43)C2=O)cn1. The minimum Gasteiger partial charge on any atom is -0.398 e. The number of nitrogen functional groups attached to an aromatic ring is 1. The molecule has 0 saturated carbocycles. The van der Waals surface area contributed by atoms with Gasteiger partial charge in [0.15, 0.2) is 0 Å². The van der Waals surface area contributed by atoms with Gasteiger partial charge in [-0.2, -0.15) is 5.10 Å². The van der Waals surface area contributed by atoms with Crippen LogP contribution in [0.15, 0.2) is 30.6 Å². The molecule has 1 saturated heterocycles. The molecule has 4 rings (SSSR count). The molecule has 2 aliphatic heterocycles. The summed E-state index contributed by atoms with van der Waals surface area (Å²) < 4.78 is 1.74. The lowest BCUT2D eigenvalue weighted by atomic mass is 9.95. The molecule has 3 heterocycles. The molecule has 1 atom stereocenters. The number of piperidine rings is 1. The number of rotatable bonds is 2. The maximum Gasteiger partial charge on any atom is 0.249 e. The number of anilines is 3. The van der Waals surface area contributed by atoms with E-state index in [1.54, 1.807) is 10.9 Å². The average Bonchev–Trinajstić information content (AvgIpc) is 3.01. The molecule has 142 valence electrons. The molecule has 0 aliphatic carbocycles. The number of nitrogens with zero attached hydrogens (tertiary/aromatic N) is 4. The number of fused-ring (bicyclic) bond motifs is 1. The van der Waals surface area contributed by atoms with E-state index in [0.29, 0.717) is 0 Å². The van der Waals surface area contributed by atoms with Crippen molar-refractivity contribution in [1.29, 1.82) is 0 Å². The van der Waals surface area contributed by atoms with Crippen molar-refractivity contribution in [1.82, 2.24) is 9.78 Å². The Morgan fingerprint density at radius 3 is 2.73 bits per heavy atom. The van der Waals surface area contributed by atoms with E-state index in [1.165, 1.54) is 5.56 Å². The summed E-state index contributed by atoms with van der Waals surface area (Å²) in [6, 6.07) is 5.92. The molecule has 0 bridgehead atoms. The van der Waals surface area contributed by atoms with E-state index in [1.807, 2.05) is 30.3 Å². The van der Waals surface area contributed by atoms with Crippen molar-refractivity contribution in [2.45, 2.75) is 31.7 Å². The first-order chi connectivity index (χ1) is 11.6. The number of aryl methyl sites for hydroxylation is 1. The first-order valence-electron chi connectivity index (χ1n) is 8.59. The first kappa shape index (κ1) is 20.4. The van der Waals surface area contributed by atoms with Gasteiger partial charge < -0.3 is 15.5 Å². The lowest BCUT2D eigenvalue weighted by Crippen LogP contribution is -2.54. The molecular formula is C18H25Cl2N5O. The van der Waals surface area contributed by atoms with Crippen LogP contribution in [0.2, 0.25) is 0 Å². The fourth-order valence-corrected chi connectivity index (χ4v) is 3.95. The number of hydrogen-bond donors (Lipinski definition) is 1. The van der Waals surface area contributed by atoms with Crippen molar-refractivity contribution in [2.24, 2.45) is 7.05 Å². The predicted octanol–water partition coefficient (Wildman–Crippen LogP) is 2.79. The van der Waals surface area contributed by atoms with Crippen molar-refractivity contribution in [2.75, 3.05) is 28.6 Å². The number of carbonyl (C=O) groups excluding carboxylic acids is 1. The maximum absolute atomic E-state index is 13.1. The van der Waals surface area contributed by atoms with Crippen LogP contribution in [0.1, 0.15) is 24.8 Å². The molecule has 1 amide bonds. The van der Waals surface area contributed by atoms with Gasteiger partial charge in [-0.25, -0.2) is 0 Å². The Bertz CT molecular complexity index is 779. The average molecular weight is 398 g/mol. The Morgan fingerprint density at radius 1 is 1.19 bits per heavy atom. The number of carbonyl (C=O) groups is 1. The summed E-state index contributed by atoms with van der Waals surface area (Å²) in [5, 5.41) is 4.20. The third kappa shape index (κ3) is 3.48.